The smallest absolute Gasteiger partial charge is 0.280 e. The molecule has 0 bridgehead atoms. The van der Waals surface area contributed by atoms with Crippen LogP contribution in [0.1, 0.15) is 21.7 Å². The lowest BCUT2D eigenvalue weighted by molar-refractivity contribution is -0.384. The molecule has 0 fully saturated rings. The molecule has 0 radical (unpaired) electrons. The number of ether oxygens (including phenoxy) is 1. The number of hydrazone groups is 1. The Kier molecular flexibility index (Phi) is 6.08. The van der Waals surface area contributed by atoms with E-state index in [-0.39, 0.29) is 5.69 Å². The fourth-order valence-electron chi connectivity index (χ4n) is 2.64. The number of carbonyl (C=O) groups excluding carboxylic acids is 1. The number of rotatable bonds is 6. The predicted molar refractivity (Wildman–Crippen MR) is 111 cm³/mol. The Hall–Kier alpha value is -3.46. The van der Waals surface area contributed by atoms with Crippen LogP contribution in [0.4, 0.5) is 5.69 Å². The molecule has 1 aromatic heterocycles. The van der Waals surface area contributed by atoms with Crippen molar-refractivity contribution in [1.82, 2.24) is 5.43 Å². The molecule has 0 spiro atoms. The molecule has 0 saturated carbocycles. The van der Waals surface area contributed by atoms with Crippen molar-refractivity contribution in [2.24, 2.45) is 5.10 Å². The summed E-state index contributed by atoms with van der Waals surface area (Å²) in [6, 6.07) is 13.1. The number of nitro groups is 1. The van der Waals surface area contributed by atoms with Crippen LogP contribution in [0, 0.1) is 17.0 Å². The summed E-state index contributed by atoms with van der Waals surface area (Å²) in [6.45, 7) is 1.78. The zero-order valence-electron chi connectivity index (χ0n) is 15.5. The van der Waals surface area contributed by atoms with E-state index < -0.39 is 10.8 Å². The van der Waals surface area contributed by atoms with Gasteiger partial charge < -0.3 is 9.15 Å². The first-order valence-corrected chi connectivity index (χ1v) is 9.20. The van der Waals surface area contributed by atoms with Gasteiger partial charge in [-0.3, -0.25) is 14.9 Å². The van der Waals surface area contributed by atoms with Gasteiger partial charge in [0.05, 0.1) is 29.4 Å². The number of hydrogen-bond acceptors (Lipinski definition) is 6. The number of nitrogens with zero attached hydrogens (tertiary/aromatic N) is 2. The van der Waals surface area contributed by atoms with Crippen LogP contribution in [0.5, 0.6) is 5.75 Å². The first-order chi connectivity index (χ1) is 13.9. The Morgan fingerprint density at radius 1 is 1.24 bits per heavy atom. The van der Waals surface area contributed by atoms with E-state index in [1.165, 1.54) is 19.4 Å². The summed E-state index contributed by atoms with van der Waals surface area (Å²) in [4.78, 5) is 23.1. The highest BCUT2D eigenvalue weighted by Gasteiger charge is 2.18. The minimum atomic E-state index is -0.458. The van der Waals surface area contributed by atoms with E-state index in [4.69, 9.17) is 9.15 Å². The van der Waals surface area contributed by atoms with E-state index in [1.54, 1.807) is 49.4 Å². The third-order valence-corrected chi connectivity index (χ3v) is 4.50. The Labute approximate surface area is 174 Å². The lowest BCUT2D eigenvalue weighted by atomic mass is 10.1. The van der Waals surface area contributed by atoms with Crippen LogP contribution in [0.25, 0.3) is 11.3 Å². The van der Waals surface area contributed by atoms with Crippen LogP contribution in [-0.4, -0.2) is 24.2 Å². The molecule has 0 unspecified atom stereocenters. The van der Waals surface area contributed by atoms with Crippen LogP contribution in [-0.2, 0) is 0 Å². The van der Waals surface area contributed by atoms with Crippen LogP contribution < -0.4 is 10.2 Å². The zero-order valence-corrected chi connectivity index (χ0v) is 17.1. The van der Waals surface area contributed by atoms with Crippen molar-refractivity contribution in [1.29, 1.82) is 0 Å². The van der Waals surface area contributed by atoms with Gasteiger partial charge in [-0.25, -0.2) is 5.43 Å². The van der Waals surface area contributed by atoms with E-state index in [0.717, 1.165) is 10.0 Å². The molecule has 0 saturated heterocycles. The summed E-state index contributed by atoms with van der Waals surface area (Å²) in [5.74, 6) is 0.614. The highest BCUT2D eigenvalue weighted by atomic mass is 79.9. The monoisotopic (exact) mass is 457 g/mol. The Morgan fingerprint density at radius 3 is 2.76 bits per heavy atom. The zero-order chi connectivity index (χ0) is 21.0. The first kappa shape index (κ1) is 20.3. The fraction of sp³-hybridized carbons (Fsp3) is 0.100. The van der Waals surface area contributed by atoms with Gasteiger partial charge in [0.2, 0.25) is 0 Å². The molecule has 0 aliphatic rings. The number of furan rings is 1. The Bertz CT molecular complexity index is 1110. The molecule has 1 N–H and O–H groups in total. The van der Waals surface area contributed by atoms with Crippen LogP contribution in [0.15, 0.2) is 62.5 Å². The first-order valence-electron chi connectivity index (χ1n) is 8.41. The Morgan fingerprint density at radius 2 is 2.03 bits per heavy atom. The van der Waals surface area contributed by atoms with Crippen molar-refractivity contribution in [3.8, 4) is 17.1 Å². The molecule has 8 nitrogen and oxygen atoms in total. The molecule has 3 aromatic rings. The number of nitro benzene ring substituents is 1. The van der Waals surface area contributed by atoms with Gasteiger partial charge in [-0.1, -0.05) is 22.0 Å². The Balaban J connectivity index is 1.76. The maximum Gasteiger partial charge on any atom is 0.280 e. The number of nitrogens with one attached hydrogen (secondary N) is 1. The SMILES string of the molecule is COc1ccc(Br)cc1C(=O)N/N=C/c1ccc(-c2ccc(C)cc2[N+](=O)[O-])o1. The van der Waals surface area contributed by atoms with Gasteiger partial charge in [-0.15, -0.1) is 0 Å². The standard InChI is InChI=1S/C20H16BrN3O5/c1-12-3-6-15(17(9-12)24(26)27)19-8-5-14(29-19)11-22-23-20(25)16-10-13(21)4-7-18(16)28-2/h3-11H,1-2H3,(H,23,25)/b22-11+. The maximum absolute atomic E-state index is 12.3. The fourth-order valence-corrected chi connectivity index (χ4v) is 3.00. The molecule has 2 aromatic carbocycles. The normalized spacial score (nSPS) is 10.9. The largest absolute Gasteiger partial charge is 0.496 e. The van der Waals surface area contributed by atoms with Gasteiger partial charge in [-0.2, -0.15) is 5.10 Å². The summed E-state index contributed by atoms with van der Waals surface area (Å²) < 4.78 is 11.5. The van der Waals surface area contributed by atoms with E-state index in [2.05, 4.69) is 26.5 Å². The molecule has 3 rings (SSSR count). The number of benzene rings is 2. The minimum absolute atomic E-state index is 0.0436. The second-order valence-corrected chi connectivity index (χ2v) is 6.94. The van der Waals surface area contributed by atoms with Gasteiger partial charge in [0.15, 0.2) is 0 Å². The van der Waals surface area contributed by atoms with Gasteiger partial charge in [0.1, 0.15) is 17.3 Å². The summed E-state index contributed by atoms with van der Waals surface area (Å²) >= 11 is 3.31. The summed E-state index contributed by atoms with van der Waals surface area (Å²) in [6.07, 6.45) is 1.31. The van der Waals surface area contributed by atoms with Gasteiger partial charge in [0, 0.05) is 10.5 Å². The number of halogens is 1. The van der Waals surface area contributed by atoms with Crippen molar-refractivity contribution in [2.75, 3.05) is 7.11 Å². The van der Waals surface area contributed by atoms with Gasteiger partial charge >= 0.3 is 0 Å². The molecule has 29 heavy (non-hydrogen) atoms. The minimum Gasteiger partial charge on any atom is -0.496 e. The maximum atomic E-state index is 12.3. The van der Waals surface area contributed by atoms with Crippen molar-refractivity contribution in [3.63, 3.8) is 0 Å². The van der Waals surface area contributed by atoms with Crippen LogP contribution >= 0.6 is 15.9 Å². The summed E-state index contributed by atoms with van der Waals surface area (Å²) in [5.41, 5.74) is 3.81. The second kappa shape index (κ2) is 8.70. The topological polar surface area (TPSA) is 107 Å². The number of hydrogen-bond donors (Lipinski definition) is 1. The van der Waals surface area contributed by atoms with Crippen molar-refractivity contribution in [3.05, 3.63) is 80.0 Å². The van der Waals surface area contributed by atoms with Crippen molar-refractivity contribution < 1.29 is 18.9 Å². The lowest BCUT2D eigenvalue weighted by Crippen LogP contribution is -2.18. The molecular weight excluding hydrogens is 442 g/mol. The lowest BCUT2D eigenvalue weighted by Gasteiger charge is -2.07. The van der Waals surface area contributed by atoms with E-state index in [0.29, 0.717) is 28.4 Å². The second-order valence-electron chi connectivity index (χ2n) is 6.02. The number of methoxy groups -OCH3 is 1. The van der Waals surface area contributed by atoms with E-state index >= 15 is 0 Å². The number of amides is 1. The van der Waals surface area contributed by atoms with Crippen molar-refractivity contribution in [2.45, 2.75) is 6.92 Å². The molecular formula is C20H16BrN3O5. The van der Waals surface area contributed by atoms with E-state index in [1.807, 2.05) is 0 Å². The number of aryl methyl sites for hydroxylation is 1. The highest BCUT2D eigenvalue weighted by molar-refractivity contribution is 9.10. The summed E-state index contributed by atoms with van der Waals surface area (Å²) in [7, 11) is 1.47. The van der Waals surface area contributed by atoms with Crippen molar-refractivity contribution >= 4 is 33.7 Å². The number of carbonyl (C=O) groups is 1. The summed E-state index contributed by atoms with van der Waals surface area (Å²) in [5, 5.41) is 15.2. The van der Waals surface area contributed by atoms with E-state index in [9.17, 15) is 14.9 Å². The molecule has 1 heterocycles. The molecule has 1 amide bonds. The molecule has 0 atom stereocenters. The van der Waals surface area contributed by atoms with Gasteiger partial charge in [-0.05, 0) is 48.9 Å². The average Bonchev–Trinajstić information content (AvgIpc) is 3.16. The molecule has 0 aliphatic heterocycles. The molecule has 0 aliphatic carbocycles. The van der Waals surface area contributed by atoms with Crippen LogP contribution in [0.2, 0.25) is 0 Å². The van der Waals surface area contributed by atoms with Crippen LogP contribution in [0.3, 0.4) is 0 Å². The quantitative estimate of drug-likeness (QED) is 0.328. The molecule has 9 heteroatoms. The average molecular weight is 458 g/mol. The molecule has 148 valence electrons. The third kappa shape index (κ3) is 4.69. The van der Waals surface area contributed by atoms with Gasteiger partial charge in [0.25, 0.3) is 11.6 Å². The highest BCUT2D eigenvalue weighted by Crippen LogP contribution is 2.31. The third-order valence-electron chi connectivity index (χ3n) is 4.01. The predicted octanol–water partition coefficient (Wildman–Crippen LogP) is 4.70.